The van der Waals surface area contributed by atoms with Crippen molar-refractivity contribution in [3.05, 3.63) is 65.0 Å². The van der Waals surface area contributed by atoms with Crippen molar-refractivity contribution in [1.29, 1.82) is 0 Å². The van der Waals surface area contributed by atoms with Crippen LogP contribution in [0.5, 0.6) is 0 Å². The first-order valence-corrected chi connectivity index (χ1v) is 8.92. The standard InChI is InChI=1S/C19H18FNO3S/c1-11(19(23)24)25-17-8-3-2-5-14(17)18(22)21-16-10-9-12-13(16)6-4-7-15(12)20/h2-8,11,16H,9-10H2,1H3,(H,21,22)(H,23,24). The van der Waals surface area contributed by atoms with Crippen LogP contribution < -0.4 is 5.32 Å². The van der Waals surface area contributed by atoms with Gasteiger partial charge in [0.1, 0.15) is 11.1 Å². The number of amides is 1. The highest BCUT2D eigenvalue weighted by atomic mass is 32.2. The van der Waals surface area contributed by atoms with Crippen LogP contribution in [0.25, 0.3) is 0 Å². The highest BCUT2D eigenvalue weighted by Gasteiger charge is 2.27. The summed E-state index contributed by atoms with van der Waals surface area (Å²) >= 11 is 1.13. The molecule has 0 heterocycles. The normalized spacial score (nSPS) is 17.0. The molecular formula is C19H18FNO3S. The highest BCUT2D eigenvalue weighted by Crippen LogP contribution is 2.33. The van der Waals surface area contributed by atoms with E-state index in [1.165, 1.54) is 6.07 Å². The minimum absolute atomic E-state index is 0.229. The molecule has 2 unspecified atom stereocenters. The number of halogens is 1. The van der Waals surface area contributed by atoms with Crippen LogP contribution in [0.2, 0.25) is 0 Å². The lowest BCUT2D eigenvalue weighted by Crippen LogP contribution is -2.27. The van der Waals surface area contributed by atoms with E-state index in [0.717, 1.165) is 17.3 Å². The lowest BCUT2D eigenvalue weighted by atomic mass is 10.1. The molecule has 25 heavy (non-hydrogen) atoms. The summed E-state index contributed by atoms with van der Waals surface area (Å²) in [7, 11) is 0. The third-order valence-electron chi connectivity index (χ3n) is 4.30. The number of aliphatic carboxylic acids is 1. The van der Waals surface area contributed by atoms with Crippen molar-refractivity contribution in [1.82, 2.24) is 5.32 Å². The Balaban J connectivity index is 1.80. The highest BCUT2D eigenvalue weighted by molar-refractivity contribution is 8.00. The number of carboxylic acid groups (broad SMARTS) is 1. The molecule has 0 spiro atoms. The summed E-state index contributed by atoms with van der Waals surface area (Å²) in [5, 5.41) is 11.4. The monoisotopic (exact) mass is 359 g/mol. The van der Waals surface area contributed by atoms with Crippen LogP contribution in [0, 0.1) is 5.82 Å². The van der Waals surface area contributed by atoms with Gasteiger partial charge in [0, 0.05) is 4.90 Å². The molecule has 0 aliphatic heterocycles. The van der Waals surface area contributed by atoms with Crippen LogP contribution in [-0.4, -0.2) is 22.2 Å². The summed E-state index contributed by atoms with van der Waals surface area (Å²) in [6, 6.07) is 11.6. The summed E-state index contributed by atoms with van der Waals surface area (Å²) in [5.74, 6) is -1.44. The van der Waals surface area contributed by atoms with Gasteiger partial charge in [0.2, 0.25) is 0 Å². The SMILES string of the molecule is CC(Sc1ccccc1C(=O)NC1CCc2c(F)cccc21)C(=O)O. The van der Waals surface area contributed by atoms with E-state index in [2.05, 4.69) is 5.32 Å². The number of benzene rings is 2. The first-order chi connectivity index (χ1) is 12.0. The molecule has 0 saturated heterocycles. The molecule has 1 aliphatic carbocycles. The number of hydrogen-bond acceptors (Lipinski definition) is 3. The van der Waals surface area contributed by atoms with Crippen molar-refractivity contribution in [2.75, 3.05) is 0 Å². The summed E-state index contributed by atoms with van der Waals surface area (Å²) in [6.07, 6.45) is 1.25. The molecule has 2 aromatic rings. The Bertz CT molecular complexity index is 824. The van der Waals surface area contributed by atoms with Gasteiger partial charge >= 0.3 is 5.97 Å². The number of rotatable bonds is 5. The van der Waals surface area contributed by atoms with Gasteiger partial charge in [-0.25, -0.2) is 4.39 Å². The summed E-state index contributed by atoms with van der Waals surface area (Å²) in [4.78, 5) is 24.4. The van der Waals surface area contributed by atoms with E-state index in [-0.39, 0.29) is 17.8 Å². The summed E-state index contributed by atoms with van der Waals surface area (Å²) in [6.45, 7) is 1.58. The third kappa shape index (κ3) is 3.69. The second-order valence-corrected chi connectivity index (χ2v) is 7.35. The minimum atomic E-state index is -0.930. The van der Waals surface area contributed by atoms with E-state index < -0.39 is 11.2 Å². The Kier molecular flexibility index (Phi) is 5.08. The average Bonchev–Trinajstić information content (AvgIpc) is 2.99. The zero-order chi connectivity index (χ0) is 18.0. The lowest BCUT2D eigenvalue weighted by Gasteiger charge is -2.16. The molecule has 130 valence electrons. The summed E-state index contributed by atoms with van der Waals surface area (Å²) in [5.41, 5.74) is 1.91. The topological polar surface area (TPSA) is 66.4 Å². The smallest absolute Gasteiger partial charge is 0.316 e. The van der Waals surface area contributed by atoms with Crippen molar-refractivity contribution < 1.29 is 19.1 Å². The lowest BCUT2D eigenvalue weighted by molar-refractivity contribution is -0.136. The number of hydrogen-bond donors (Lipinski definition) is 2. The van der Waals surface area contributed by atoms with Gasteiger partial charge in [0.05, 0.1) is 11.6 Å². The Morgan fingerprint density at radius 3 is 2.76 bits per heavy atom. The van der Waals surface area contributed by atoms with Gasteiger partial charge in [-0.15, -0.1) is 11.8 Å². The van der Waals surface area contributed by atoms with Gasteiger partial charge in [-0.3, -0.25) is 9.59 Å². The Morgan fingerprint density at radius 2 is 2.00 bits per heavy atom. The fourth-order valence-electron chi connectivity index (χ4n) is 2.99. The maximum Gasteiger partial charge on any atom is 0.316 e. The zero-order valence-electron chi connectivity index (χ0n) is 13.7. The van der Waals surface area contributed by atoms with Crippen molar-refractivity contribution in [3.8, 4) is 0 Å². The van der Waals surface area contributed by atoms with Gasteiger partial charge in [0.25, 0.3) is 5.91 Å². The fourth-order valence-corrected chi connectivity index (χ4v) is 3.92. The molecule has 6 heteroatoms. The quantitative estimate of drug-likeness (QED) is 0.797. The fraction of sp³-hybridized carbons (Fsp3) is 0.263. The minimum Gasteiger partial charge on any atom is -0.480 e. The van der Waals surface area contributed by atoms with Crippen molar-refractivity contribution in [2.45, 2.75) is 36.0 Å². The van der Waals surface area contributed by atoms with Crippen LogP contribution in [0.1, 0.15) is 40.9 Å². The number of carboxylic acids is 1. The van der Waals surface area contributed by atoms with E-state index in [1.807, 2.05) is 6.07 Å². The molecule has 0 aromatic heterocycles. The molecule has 1 amide bonds. The van der Waals surface area contributed by atoms with E-state index in [1.54, 1.807) is 37.3 Å². The van der Waals surface area contributed by atoms with Crippen molar-refractivity contribution in [2.24, 2.45) is 0 Å². The molecule has 0 radical (unpaired) electrons. The molecule has 1 aliphatic rings. The molecule has 0 fully saturated rings. The Hall–Kier alpha value is -2.34. The molecule has 4 nitrogen and oxygen atoms in total. The molecule has 0 saturated carbocycles. The van der Waals surface area contributed by atoms with Crippen LogP contribution in [-0.2, 0) is 11.2 Å². The number of thioether (sulfide) groups is 1. The van der Waals surface area contributed by atoms with Crippen LogP contribution in [0.4, 0.5) is 4.39 Å². The van der Waals surface area contributed by atoms with Gasteiger partial charge in [-0.05, 0) is 49.1 Å². The second kappa shape index (κ2) is 7.27. The second-order valence-electron chi connectivity index (χ2n) is 5.97. The number of carbonyl (C=O) groups is 2. The Morgan fingerprint density at radius 1 is 1.24 bits per heavy atom. The van der Waals surface area contributed by atoms with E-state index >= 15 is 0 Å². The zero-order valence-corrected chi connectivity index (χ0v) is 14.5. The first-order valence-electron chi connectivity index (χ1n) is 8.04. The van der Waals surface area contributed by atoms with Crippen LogP contribution in [0.15, 0.2) is 47.4 Å². The third-order valence-corrected chi connectivity index (χ3v) is 5.47. The average molecular weight is 359 g/mol. The van der Waals surface area contributed by atoms with E-state index in [0.29, 0.717) is 28.9 Å². The Labute approximate surface area is 149 Å². The van der Waals surface area contributed by atoms with Crippen LogP contribution in [0.3, 0.4) is 0 Å². The van der Waals surface area contributed by atoms with Gasteiger partial charge < -0.3 is 10.4 Å². The largest absolute Gasteiger partial charge is 0.480 e. The number of carbonyl (C=O) groups excluding carboxylic acids is 1. The van der Waals surface area contributed by atoms with Gasteiger partial charge in [0.15, 0.2) is 0 Å². The predicted octanol–water partition coefficient (Wildman–Crippen LogP) is 3.81. The van der Waals surface area contributed by atoms with Crippen molar-refractivity contribution in [3.63, 3.8) is 0 Å². The summed E-state index contributed by atoms with van der Waals surface area (Å²) < 4.78 is 13.8. The molecule has 0 bridgehead atoms. The molecule has 2 atom stereocenters. The predicted molar refractivity (Wildman–Crippen MR) is 94.3 cm³/mol. The van der Waals surface area contributed by atoms with E-state index in [9.17, 15) is 14.0 Å². The molecular weight excluding hydrogens is 341 g/mol. The molecule has 2 N–H and O–H groups in total. The van der Waals surface area contributed by atoms with E-state index in [4.69, 9.17) is 5.11 Å². The molecule has 3 rings (SSSR count). The first kappa shape index (κ1) is 17.5. The van der Waals surface area contributed by atoms with Crippen molar-refractivity contribution >= 4 is 23.6 Å². The molecule has 2 aromatic carbocycles. The van der Waals surface area contributed by atoms with Gasteiger partial charge in [-0.2, -0.15) is 0 Å². The maximum absolute atomic E-state index is 13.8. The maximum atomic E-state index is 13.8. The number of nitrogens with one attached hydrogen (secondary N) is 1. The van der Waals surface area contributed by atoms with Gasteiger partial charge in [-0.1, -0.05) is 24.3 Å². The van der Waals surface area contributed by atoms with Crippen LogP contribution >= 0.6 is 11.8 Å². The number of fused-ring (bicyclic) bond motifs is 1.